The first kappa shape index (κ1) is 18.9. The molecule has 1 saturated heterocycles. The maximum absolute atomic E-state index is 13.7. The third-order valence-corrected chi connectivity index (χ3v) is 3.73. The van der Waals surface area contributed by atoms with Crippen LogP contribution < -0.4 is 0 Å². The van der Waals surface area contributed by atoms with Gasteiger partial charge in [-0.3, -0.25) is 4.79 Å². The summed E-state index contributed by atoms with van der Waals surface area (Å²) >= 11 is 0. The number of nitrogens with zero attached hydrogens (tertiary/aromatic N) is 1. The molecule has 0 spiro atoms. The van der Waals surface area contributed by atoms with Crippen LogP contribution in [0.5, 0.6) is 0 Å². The average Bonchev–Trinajstić information content (AvgIpc) is 3.03. The number of hydrogen-bond donors (Lipinski definition) is 0. The van der Waals surface area contributed by atoms with Gasteiger partial charge in [-0.25, -0.2) is 18.0 Å². The maximum atomic E-state index is 13.7. The summed E-state index contributed by atoms with van der Waals surface area (Å²) in [6, 6.07) is 1.83. The van der Waals surface area contributed by atoms with E-state index >= 15 is 0 Å². The van der Waals surface area contributed by atoms with Gasteiger partial charge in [-0.2, -0.15) is 8.78 Å². The van der Waals surface area contributed by atoms with Gasteiger partial charge in [0.25, 0.3) is 5.91 Å². The second-order valence-corrected chi connectivity index (χ2v) is 5.34. The number of esters is 1. The van der Waals surface area contributed by atoms with Crippen LogP contribution in [0.25, 0.3) is 0 Å². The van der Waals surface area contributed by atoms with Crippen molar-refractivity contribution in [2.24, 2.45) is 0 Å². The Hall–Kier alpha value is -2.45. The summed E-state index contributed by atoms with van der Waals surface area (Å²) in [4.78, 5) is 25.3. The number of rotatable bonds is 5. The SMILES string of the molecule is O=C(OCCC(F)=C(F)F)[C@@H]1CCCN1C(=O)c1c(F)cccc1F. The molecule has 0 aromatic heterocycles. The van der Waals surface area contributed by atoms with Gasteiger partial charge < -0.3 is 9.64 Å². The van der Waals surface area contributed by atoms with Gasteiger partial charge in [0.05, 0.1) is 6.61 Å². The quantitative estimate of drug-likeness (QED) is 0.593. The van der Waals surface area contributed by atoms with Gasteiger partial charge in [0.15, 0.2) is 5.83 Å². The van der Waals surface area contributed by atoms with Gasteiger partial charge in [-0.05, 0) is 25.0 Å². The molecule has 9 heteroatoms. The summed E-state index contributed by atoms with van der Waals surface area (Å²) in [6.07, 6.45) is -2.70. The van der Waals surface area contributed by atoms with Crippen molar-refractivity contribution in [3.8, 4) is 0 Å². The van der Waals surface area contributed by atoms with E-state index in [0.29, 0.717) is 6.42 Å². The summed E-state index contributed by atoms with van der Waals surface area (Å²) in [5.41, 5.74) is -0.782. The topological polar surface area (TPSA) is 46.6 Å². The summed E-state index contributed by atoms with van der Waals surface area (Å²) in [7, 11) is 0. The van der Waals surface area contributed by atoms with Gasteiger partial charge in [0.1, 0.15) is 23.2 Å². The van der Waals surface area contributed by atoms with E-state index in [2.05, 4.69) is 0 Å². The van der Waals surface area contributed by atoms with Crippen molar-refractivity contribution in [2.45, 2.75) is 25.3 Å². The molecule has 0 unspecified atom stereocenters. The zero-order valence-electron chi connectivity index (χ0n) is 12.9. The summed E-state index contributed by atoms with van der Waals surface area (Å²) in [5.74, 6) is -5.75. The van der Waals surface area contributed by atoms with Crippen molar-refractivity contribution in [1.82, 2.24) is 4.90 Å². The highest BCUT2D eigenvalue weighted by atomic mass is 19.3. The van der Waals surface area contributed by atoms with Crippen LogP contribution in [0.4, 0.5) is 22.0 Å². The molecule has 0 N–H and O–H groups in total. The minimum atomic E-state index is -2.50. The number of benzene rings is 1. The minimum absolute atomic E-state index is 0.0831. The predicted octanol–water partition coefficient (Wildman–Crippen LogP) is 3.58. The Labute approximate surface area is 139 Å². The molecule has 0 bridgehead atoms. The Bertz CT molecular complexity index is 683. The molecule has 0 saturated carbocycles. The first-order chi connectivity index (χ1) is 11.8. The normalized spacial score (nSPS) is 16.7. The van der Waals surface area contributed by atoms with Gasteiger partial charge in [0.2, 0.25) is 0 Å². The van der Waals surface area contributed by atoms with Crippen molar-refractivity contribution in [3.05, 3.63) is 47.3 Å². The number of carbonyl (C=O) groups is 2. The molecule has 25 heavy (non-hydrogen) atoms. The molecule has 1 heterocycles. The van der Waals surface area contributed by atoms with Crippen molar-refractivity contribution in [2.75, 3.05) is 13.2 Å². The molecule has 0 aliphatic carbocycles. The highest BCUT2D eigenvalue weighted by Crippen LogP contribution is 2.24. The van der Waals surface area contributed by atoms with Crippen LogP contribution in [0.1, 0.15) is 29.6 Å². The lowest BCUT2D eigenvalue weighted by molar-refractivity contribution is -0.148. The Morgan fingerprint density at radius 2 is 1.80 bits per heavy atom. The zero-order valence-corrected chi connectivity index (χ0v) is 12.9. The van der Waals surface area contributed by atoms with E-state index in [4.69, 9.17) is 4.74 Å². The Morgan fingerprint density at radius 3 is 2.40 bits per heavy atom. The molecule has 1 atom stereocenters. The number of ether oxygens (including phenoxy) is 1. The molecular weight excluding hydrogens is 349 g/mol. The van der Waals surface area contributed by atoms with E-state index in [1.165, 1.54) is 0 Å². The number of likely N-dealkylation sites (tertiary alicyclic amines) is 1. The highest BCUT2D eigenvalue weighted by Gasteiger charge is 2.37. The average molecular weight is 363 g/mol. The molecule has 1 aromatic rings. The van der Waals surface area contributed by atoms with Crippen LogP contribution in [0, 0.1) is 11.6 Å². The molecular formula is C16H14F5NO3. The zero-order chi connectivity index (χ0) is 18.6. The maximum Gasteiger partial charge on any atom is 0.328 e. The second-order valence-electron chi connectivity index (χ2n) is 5.34. The molecule has 1 aromatic carbocycles. The third-order valence-electron chi connectivity index (χ3n) is 3.73. The van der Waals surface area contributed by atoms with Crippen LogP contribution >= 0.6 is 0 Å². The summed E-state index contributed by atoms with van der Waals surface area (Å²) in [5, 5.41) is 0. The molecule has 1 fully saturated rings. The fraction of sp³-hybridized carbons (Fsp3) is 0.375. The Morgan fingerprint density at radius 1 is 1.16 bits per heavy atom. The van der Waals surface area contributed by atoms with Crippen molar-refractivity contribution in [3.63, 3.8) is 0 Å². The number of hydrogen-bond acceptors (Lipinski definition) is 3. The molecule has 1 aliphatic heterocycles. The molecule has 1 amide bonds. The van der Waals surface area contributed by atoms with Gasteiger partial charge >= 0.3 is 12.0 Å². The monoisotopic (exact) mass is 363 g/mol. The molecule has 2 rings (SSSR count). The number of amides is 1. The van der Waals surface area contributed by atoms with Crippen LogP contribution in [-0.4, -0.2) is 36.0 Å². The van der Waals surface area contributed by atoms with E-state index in [1.54, 1.807) is 0 Å². The van der Waals surface area contributed by atoms with Crippen molar-refractivity contribution < 1.29 is 36.3 Å². The standard InChI is InChI=1S/C16H14F5NO3/c17-9-3-1-4-10(18)13(9)15(23)22-7-2-5-12(22)16(24)25-8-6-11(19)14(20)21/h1,3-4,12H,2,5-8H2/t12-/m0/s1. The lowest BCUT2D eigenvalue weighted by Gasteiger charge is -2.23. The molecule has 4 nitrogen and oxygen atoms in total. The first-order valence-electron chi connectivity index (χ1n) is 7.44. The fourth-order valence-electron chi connectivity index (χ4n) is 2.53. The Balaban J connectivity index is 2.05. The van der Waals surface area contributed by atoms with Gasteiger partial charge in [-0.1, -0.05) is 6.07 Å². The van der Waals surface area contributed by atoms with Crippen LogP contribution in [0.2, 0.25) is 0 Å². The number of carbonyl (C=O) groups excluding carboxylic acids is 2. The number of halogens is 5. The van der Waals surface area contributed by atoms with E-state index < -0.39 is 60.1 Å². The van der Waals surface area contributed by atoms with Crippen LogP contribution in [-0.2, 0) is 9.53 Å². The summed E-state index contributed by atoms with van der Waals surface area (Å²) in [6.45, 7) is -0.547. The van der Waals surface area contributed by atoms with Crippen LogP contribution in [0.3, 0.4) is 0 Å². The fourth-order valence-corrected chi connectivity index (χ4v) is 2.53. The molecule has 0 radical (unpaired) electrons. The van der Waals surface area contributed by atoms with E-state index in [1.807, 2.05) is 0 Å². The third kappa shape index (κ3) is 4.34. The van der Waals surface area contributed by atoms with Crippen LogP contribution in [0.15, 0.2) is 30.1 Å². The predicted molar refractivity (Wildman–Crippen MR) is 76.3 cm³/mol. The minimum Gasteiger partial charge on any atom is -0.464 e. The van der Waals surface area contributed by atoms with Crippen molar-refractivity contribution in [1.29, 1.82) is 0 Å². The van der Waals surface area contributed by atoms with Gasteiger partial charge in [0, 0.05) is 13.0 Å². The Kier molecular flexibility index (Phi) is 6.11. The van der Waals surface area contributed by atoms with Crippen molar-refractivity contribution >= 4 is 11.9 Å². The van der Waals surface area contributed by atoms with E-state index in [9.17, 15) is 31.5 Å². The summed E-state index contributed by atoms with van der Waals surface area (Å²) < 4.78 is 68.7. The van der Waals surface area contributed by atoms with E-state index in [0.717, 1.165) is 23.1 Å². The van der Waals surface area contributed by atoms with Gasteiger partial charge in [-0.15, -0.1) is 0 Å². The molecule has 1 aliphatic rings. The second kappa shape index (κ2) is 8.09. The highest BCUT2D eigenvalue weighted by molar-refractivity contribution is 5.97. The lowest BCUT2D eigenvalue weighted by Crippen LogP contribution is -2.42. The largest absolute Gasteiger partial charge is 0.464 e. The smallest absolute Gasteiger partial charge is 0.328 e. The van der Waals surface area contributed by atoms with E-state index in [-0.39, 0.29) is 13.0 Å². The first-order valence-corrected chi connectivity index (χ1v) is 7.44. The lowest BCUT2D eigenvalue weighted by atomic mass is 10.1. The molecule has 136 valence electrons.